The van der Waals surface area contributed by atoms with Crippen LogP contribution >= 0.6 is 0 Å². The molecule has 0 unspecified atom stereocenters. The van der Waals surface area contributed by atoms with Crippen molar-refractivity contribution < 1.29 is 19.1 Å². The Morgan fingerprint density at radius 3 is 2.60 bits per heavy atom. The minimum atomic E-state index is -1.22. The average Bonchev–Trinajstić information content (AvgIpc) is 3.10. The van der Waals surface area contributed by atoms with Crippen molar-refractivity contribution >= 4 is 11.9 Å². The first-order valence-corrected chi connectivity index (χ1v) is 8.34. The molecule has 25 heavy (non-hydrogen) atoms. The number of amides is 1. The third kappa shape index (κ3) is 3.55. The molecule has 0 radical (unpaired) electrons. The molecule has 1 fully saturated rings. The van der Waals surface area contributed by atoms with Crippen molar-refractivity contribution in [3.8, 4) is 0 Å². The van der Waals surface area contributed by atoms with Gasteiger partial charge in [-0.3, -0.25) is 9.48 Å². The molecule has 0 bridgehead atoms. The lowest BCUT2D eigenvalue weighted by Crippen LogP contribution is -2.38. The Hall–Kier alpha value is -2.70. The van der Waals surface area contributed by atoms with Gasteiger partial charge in [0.2, 0.25) is 0 Å². The van der Waals surface area contributed by atoms with E-state index in [9.17, 15) is 14.0 Å². The average molecular weight is 345 g/mol. The fraction of sp³-hybridized carbons (Fsp3) is 0.389. The molecule has 1 aromatic carbocycles. The number of halogens is 1. The van der Waals surface area contributed by atoms with Gasteiger partial charge in [0.25, 0.3) is 5.91 Å². The van der Waals surface area contributed by atoms with Crippen LogP contribution in [0.25, 0.3) is 0 Å². The van der Waals surface area contributed by atoms with Crippen LogP contribution in [0.5, 0.6) is 0 Å². The van der Waals surface area contributed by atoms with E-state index in [1.54, 1.807) is 4.90 Å². The van der Waals surface area contributed by atoms with Crippen molar-refractivity contribution in [1.29, 1.82) is 0 Å². The Kier molecular flexibility index (Phi) is 4.83. The fourth-order valence-electron chi connectivity index (χ4n) is 3.17. The smallest absolute Gasteiger partial charge is 0.335 e. The van der Waals surface area contributed by atoms with E-state index in [0.29, 0.717) is 19.0 Å². The molecule has 1 N–H and O–H groups in total. The summed E-state index contributed by atoms with van der Waals surface area (Å²) < 4.78 is 16.0. The molecule has 1 aliphatic heterocycles. The largest absolute Gasteiger partial charge is 0.478 e. The van der Waals surface area contributed by atoms with E-state index in [1.165, 1.54) is 17.7 Å². The van der Waals surface area contributed by atoms with Gasteiger partial charge < -0.3 is 10.0 Å². The minimum absolute atomic E-state index is 0.0812. The predicted octanol–water partition coefficient (Wildman–Crippen LogP) is 2.76. The van der Waals surface area contributed by atoms with Gasteiger partial charge in [-0.2, -0.15) is 5.10 Å². The first-order valence-electron chi connectivity index (χ1n) is 8.34. The maximum atomic E-state index is 14.1. The lowest BCUT2D eigenvalue weighted by Gasteiger charge is -2.31. The summed E-state index contributed by atoms with van der Waals surface area (Å²) in [7, 11) is 0. The highest BCUT2D eigenvalue weighted by atomic mass is 19.1. The maximum Gasteiger partial charge on any atom is 0.335 e. The summed E-state index contributed by atoms with van der Waals surface area (Å²) in [6.45, 7) is 3.94. The summed E-state index contributed by atoms with van der Waals surface area (Å²) in [6, 6.07) is 3.39. The number of rotatable bonds is 4. The lowest BCUT2D eigenvalue weighted by molar-refractivity contribution is 0.0686. The quantitative estimate of drug-likeness (QED) is 0.924. The van der Waals surface area contributed by atoms with Gasteiger partial charge in [0.1, 0.15) is 5.82 Å². The molecule has 0 saturated carbocycles. The van der Waals surface area contributed by atoms with Crippen LogP contribution in [0.1, 0.15) is 52.0 Å². The molecule has 1 saturated heterocycles. The van der Waals surface area contributed by atoms with E-state index >= 15 is 0 Å². The molecule has 7 heteroatoms. The van der Waals surface area contributed by atoms with Crippen molar-refractivity contribution in [2.45, 2.75) is 32.2 Å². The summed E-state index contributed by atoms with van der Waals surface area (Å²) in [5.41, 5.74) is 0.925. The third-order valence-electron chi connectivity index (χ3n) is 4.68. The number of carboxylic acid groups (broad SMARTS) is 1. The molecule has 132 valence electrons. The van der Waals surface area contributed by atoms with Gasteiger partial charge >= 0.3 is 5.97 Å². The molecule has 3 rings (SSSR count). The summed E-state index contributed by atoms with van der Waals surface area (Å²) in [5, 5.41) is 13.2. The SMILES string of the molecule is CCn1cc(C2CCN(C(=O)c3ccc(C(=O)O)cc3F)CC2)cn1. The number of nitrogens with zero attached hydrogens (tertiary/aromatic N) is 3. The first-order chi connectivity index (χ1) is 12.0. The number of likely N-dealkylation sites (tertiary alicyclic amines) is 1. The molecule has 1 aliphatic rings. The molecule has 0 aliphatic carbocycles. The zero-order valence-electron chi connectivity index (χ0n) is 14.0. The molecule has 1 aromatic heterocycles. The van der Waals surface area contributed by atoms with Crippen LogP contribution in [0.4, 0.5) is 4.39 Å². The lowest BCUT2D eigenvalue weighted by atomic mass is 9.91. The zero-order chi connectivity index (χ0) is 18.0. The number of aryl methyl sites for hydroxylation is 1. The van der Waals surface area contributed by atoms with Crippen LogP contribution in [-0.4, -0.2) is 44.8 Å². The Morgan fingerprint density at radius 1 is 1.32 bits per heavy atom. The van der Waals surface area contributed by atoms with Crippen LogP contribution in [0, 0.1) is 5.82 Å². The zero-order valence-corrected chi connectivity index (χ0v) is 14.0. The Bertz CT molecular complexity index is 795. The van der Waals surface area contributed by atoms with E-state index in [0.717, 1.165) is 25.5 Å². The van der Waals surface area contributed by atoms with Gasteiger partial charge in [0.05, 0.1) is 17.3 Å². The molecule has 0 spiro atoms. The maximum absolute atomic E-state index is 14.1. The number of carboxylic acids is 1. The van der Waals surface area contributed by atoms with Crippen molar-refractivity contribution in [2.24, 2.45) is 0 Å². The second-order valence-electron chi connectivity index (χ2n) is 6.20. The summed E-state index contributed by atoms with van der Waals surface area (Å²) >= 11 is 0. The van der Waals surface area contributed by atoms with Crippen LogP contribution < -0.4 is 0 Å². The van der Waals surface area contributed by atoms with E-state index in [4.69, 9.17) is 5.11 Å². The topological polar surface area (TPSA) is 75.4 Å². The molecule has 6 nitrogen and oxygen atoms in total. The van der Waals surface area contributed by atoms with E-state index in [2.05, 4.69) is 5.10 Å². The molecular formula is C18H20FN3O3. The number of benzene rings is 1. The number of carbonyl (C=O) groups is 2. The van der Waals surface area contributed by atoms with Gasteiger partial charge in [-0.05, 0) is 49.4 Å². The van der Waals surface area contributed by atoms with Gasteiger partial charge in [-0.25, -0.2) is 9.18 Å². The Morgan fingerprint density at radius 2 is 2.04 bits per heavy atom. The Balaban J connectivity index is 1.66. The molecule has 1 amide bonds. The summed E-state index contributed by atoms with van der Waals surface area (Å²) in [4.78, 5) is 25.0. The number of aromatic nitrogens is 2. The number of hydrogen-bond acceptors (Lipinski definition) is 3. The van der Waals surface area contributed by atoms with Crippen molar-refractivity contribution in [3.63, 3.8) is 0 Å². The third-order valence-corrected chi connectivity index (χ3v) is 4.68. The van der Waals surface area contributed by atoms with E-state index in [-0.39, 0.29) is 11.1 Å². The predicted molar refractivity (Wildman–Crippen MR) is 89.1 cm³/mol. The van der Waals surface area contributed by atoms with Crippen LogP contribution in [-0.2, 0) is 6.54 Å². The van der Waals surface area contributed by atoms with Crippen LogP contribution in [0.3, 0.4) is 0 Å². The monoisotopic (exact) mass is 345 g/mol. The fourth-order valence-corrected chi connectivity index (χ4v) is 3.17. The second kappa shape index (κ2) is 7.04. The molecule has 2 aromatic rings. The van der Waals surface area contributed by atoms with Crippen LogP contribution in [0.2, 0.25) is 0 Å². The highest BCUT2D eigenvalue weighted by Crippen LogP contribution is 2.28. The van der Waals surface area contributed by atoms with Crippen LogP contribution in [0.15, 0.2) is 30.6 Å². The van der Waals surface area contributed by atoms with Gasteiger partial charge in [0, 0.05) is 25.8 Å². The van der Waals surface area contributed by atoms with E-state index < -0.39 is 17.7 Å². The number of carbonyl (C=O) groups excluding carboxylic acids is 1. The number of piperidine rings is 1. The van der Waals surface area contributed by atoms with Crippen molar-refractivity contribution in [3.05, 3.63) is 53.1 Å². The molecule has 0 atom stereocenters. The van der Waals surface area contributed by atoms with Crippen molar-refractivity contribution in [2.75, 3.05) is 13.1 Å². The standard InChI is InChI=1S/C18H20FN3O3/c1-2-22-11-14(10-20-22)12-5-7-21(8-6-12)17(23)15-4-3-13(18(24)25)9-16(15)19/h3-4,9-12H,2,5-8H2,1H3,(H,24,25). The number of hydrogen-bond donors (Lipinski definition) is 1. The number of aromatic carboxylic acids is 1. The molecule has 2 heterocycles. The molecular weight excluding hydrogens is 325 g/mol. The summed E-state index contributed by atoms with van der Waals surface area (Å²) in [6.07, 6.45) is 5.51. The van der Waals surface area contributed by atoms with Gasteiger partial charge in [-0.1, -0.05) is 0 Å². The highest BCUT2D eigenvalue weighted by Gasteiger charge is 2.27. The minimum Gasteiger partial charge on any atom is -0.478 e. The Labute approximate surface area is 144 Å². The normalized spacial score (nSPS) is 15.4. The highest BCUT2D eigenvalue weighted by molar-refractivity contribution is 5.96. The van der Waals surface area contributed by atoms with Crippen molar-refractivity contribution in [1.82, 2.24) is 14.7 Å². The first kappa shape index (κ1) is 17.1. The second-order valence-corrected chi connectivity index (χ2v) is 6.20. The van der Waals surface area contributed by atoms with Gasteiger partial charge in [0.15, 0.2) is 0 Å². The van der Waals surface area contributed by atoms with E-state index in [1.807, 2.05) is 24.0 Å². The van der Waals surface area contributed by atoms with Gasteiger partial charge in [-0.15, -0.1) is 0 Å². The summed E-state index contributed by atoms with van der Waals surface area (Å²) in [5.74, 6) is -2.05.